The van der Waals surface area contributed by atoms with Crippen molar-refractivity contribution in [2.45, 2.75) is 0 Å². The minimum atomic E-state index is 0.848. The minimum Gasteiger partial charge on any atom is -0.497 e. The van der Waals surface area contributed by atoms with E-state index < -0.39 is 0 Å². The van der Waals surface area contributed by atoms with E-state index in [9.17, 15) is 0 Å². The Morgan fingerprint density at radius 2 is 1.84 bits per heavy atom. The van der Waals surface area contributed by atoms with Gasteiger partial charge >= 0.3 is 0 Å². The van der Waals surface area contributed by atoms with Crippen molar-refractivity contribution in [3.63, 3.8) is 0 Å². The van der Waals surface area contributed by atoms with Gasteiger partial charge < -0.3 is 4.74 Å². The Bertz CT molecular complexity index is 911. The van der Waals surface area contributed by atoms with E-state index in [-0.39, 0.29) is 0 Å². The molecule has 4 heteroatoms. The van der Waals surface area contributed by atoms with E-state index in [0.717, 1.165) is 33.3 Å². The molecule has 0 amide bonds. The van der Waals surface area contributed by atoms with Crippen molar-refractivity contribution < 1.29 is 4.74 Å². The highest BCUT2D eigenvalue weighted by atomic mass is 16.5. The molecule has 0 aliphatic carbocycles. The van der Waals surface area contributed by atoms with E-state index in [1.54, 1.807) is 7.11 Å². The lowest BCUT2D eigenvalue weighted by Gasteiger charge is -2.03. The first-order chi connectivity index (χ1) is 9.36. The van der Waals surface area contributed by atoms with Gasteiger partial charge in [-0.25, -0.2) is 0 Å². The van der Waals surface area contributed by atoms with Crippen molar-refractivity contribution in [1.29, 1.82) is 0 Å². The van der Waals surface area contributed by atoms with Crippen LogP contribution in [0.15, 0.2) is 48.5 Å². The van der Waals surface area contributed by atoms with Crippen LogP contribution in [0.5, 0.6) is 5.75 Å². The van der Waals surface area contributed by atoms with E-state index in [1.165, 1.54) is 0 Å². The van der Waals surface area contributed by atoms with Crippen molar-refractivity contribution in [2.75, 3.05) is 7.11 Å². The topological polar surface area (TPSA) is 39.4 Å². The number of aromatic nitrogens is 3. The van der Waals surface area contributed by atoms with Gasteiger partial charge in [0.15, 0.2) is 5.65 Å². The Kier molecular flexibility index (Phi) is 2.00. The fourth-order valence-corrected chi connectivity index (χ4v) is 2.48. The third-order valence-electron chi connectivity index (χ3n) is 3.37. The maximum atomic E-state index is 5.26. The lowest BCUT2D eigenvalue weighted by atomic mass is 10.2. The lowest BCUT2D eigenvalue weighted by molar-refractivity contribution is 0.415. The highest BCUT2D eigenvalue weighted by Crippen LogP contribution is 2.26. The van der Waals surface area contributed by atoms with Crippen LogP contribution < -0.4 is 4.74 Å². The van der Waals surface area contributed by atoms with Crippen molar-refractivity contribution in [3.8, 4) is 5.75 Å². The summed E-state index contributed by atoms with van der Waals surface area (Å²) >= 11 is 0. The molecule has 0 bridgehead atoms. The van der Waals surface area contributed by atoms with Crippen LogP contribution in [0.1, 0.15) is 0 Å². The molecule has 0 unspecified atom stereocenters. The van der Waals surface area contributed by atoms with E-state index in [4.69, 9.17) is 4.74 Å². The highest BCUT2D eigenvalue weighted by Gasteiger charge is 2.08. The van der Waals surface area contributed by atoms with Gasteiger partial charge in [0.1, 0.15) is 11.3 Å². The third-order valence-corrected chi connectivity index (χ3v) is 3.37. The molecule has 19 heavy (non-hydrogen) atoms. The van der Waals surface area contributed by atoms with E-state index in [2.05, 4.69) is 26.7 Å². The van der Waals surface area contributed by atoms with Crippen LogP contribution in [-0.4, -0.2) is 21.7 Å². The van der Waals surface area contributed by atoms with Crippen LogP contribution in [0.4, 0.5) is 0 Å². The zero-order chi connectivity index (χ0) is 12.8. The van der Waals surface area contributed by atoms with Crippen molar-refractivity contribution in [2.24, 2.45) is 0 Å². The first kappa shape index (κ1) is 10.3. The molecular formula is C15H11N3O. The summed E-state index contributed by atoms with van der Waals surface area (Å²) in [5.41, 5.74) is 3.92. The van der Waals surface area contributed by atoms with Crippen LogP contribution in [0, 0.1) is 0 Å². The lowest BCUT2D eigenvalue weighted by Crippen LogP contribution is -1.93. The molecule has 0 fully saturated rings. The normalized spacial score (nSPS) is 11.4. The Morgan fingerprint density at radius 3 is 2.74 bits per heavy atom. The number of ether oxygens (including phenoxy) is 1. The second kappa shape index (κ2) is 3.68. The van der Waals surface area contributed by atoms with Crippen molar-refractivity contribution >= 4 is 27.6 Å². The Balaban J connectivity index is 2.23. The zero-order valence-corrected chi connectivity index (χ0v) is 10.4. The summed E-state index contributed by atoms with van der Waals surface area (Å²) in [7, 11) is 1.67. The Labute approximate surface area is 109 Å². The maximum Gasteiger partial charge on any atom is 0.160 e. The fourth-order valence-electron chi connectivity index (χ4n) is 2.48. The smallest absolute Gasteiger partial charge is 0.160 e. The second-order valence-corrected chi connectivity index (χ2v) is 4.45. The van der Waals surface area contributed by atoms with Gasteiger partial charge in [-0.15, -0.1) is 10.2 Å². The summed E-state index contributed by atoms with van der Waals surface area (Å²) < 4.78 is 7.38. The quantitative estimate of drug-likeness (QED) is 0.520. The molecule has 2 aromatic heterocycles. The van der Waals surface area contributed by atoms with Crippen LogP contribution in [0.2, 0.25) is 0 Å². The minimum absolute atomic E-state index is 0.848. The molecule has 4 nitrogen and oxygen atoms in total. The molecule has 0 saturated carbocycles. The highest BCUT2D eigenvalue weighted by molar-refractivity contribution is 5.92. The standard InChI is InChI=1S/C15H11N3O/c1-19-11-6-7-13-10(8-11)9-15-17-16-12-4-2-3-5-14(12)18(13)15/h2-9H,1H3. The Morgan fingerprint density at radius 1 is 0.947 bits per heavy atom. The predicted molar refractivity (Wildman–Crippen MR) is 74.6 cm³/mol. The van der Waals surface area contributed by atoms with Crippen LogP contribution in [0.3, 0.4) is 0 Å². The second-order valence-electron chi connectivity index (χ2n) is 4.45. The number of methoxy groups -OCH3 is 1. The summed E-state index contributed by atoms with van der Waals surface area (Å²) in [6.45, 7) is 0. The van der Waals surface area contributed by atoms with Gasteiger partial charge in [0.2, 0.25) is 0 Å². The number of fused-ring (bicyclic) bond motifs is 5. The van der Waals surface area contributed by atoms with Crippen LogP contribution in [-0.2, 0) is 0 Å². The molecule has 4 aromatic rings. The largest absolute Gasteiger partial charge is 0.497 e. The number of para-hydroxylation sites is 1. The monoisotopic (exact) mass is 249 g/mol. The summed E-state index contributed by atoms with van der Waals surface area (Å²) in [6, 6.07) is 16.1. The molecule has 0 aliphatic heterocycles. The number of hydrogen-bond acceptors (Lipinski definition) is 3. The average molecular weight is 249 g/mol. The van der Waals surface area contributed by atoms with Gasteiger partial charge in [-0.3, -0.25) is 4.40 Å². The molecule has 0 radical (unpaired) electrons. The zero-order valence-electron chi connectivity index (χ0n) is 10.4. The first-order valence-electron chi connectivity index (χ1n) is 6.07. The number of hydrogen-bond donors (Lipinski definition) is 0. The molecule has 0 aliphatic rings. The van der Waals surface area contributed by atoms with Gasteiger partial charge in [0.25, 0.3) is 0 Å². The van der Waals surface area contributed by atoms with Gasteiger partial charge in [-0.2, -0.15) is 0 Å². The SMILES string of the molecule is COc1ccc2c(c1)cc1nnc3ccccc3n12. The summed E-state index contributed by atoms with van der Waals surface area (Å²) in [5, 5.41) is 9.62. The van der Waals surface area contributed by atoms with E-state index >= 15 is 0 Å². The Hall–Kier alpha value is -2.62. The molecule has 92 valence electrons. The van der Waals surface area contributed by atoms with E-state index in [1.807, 2.05) is 36.4 Å². The van der Waals surface area contributed by atoms with Crippen molar-refractivity contribution in [3.05, 3.63) is 48.5 Å². The maximum absolute atomic E-state index is 5.26. The number of rotatable bonds is 1. The molecule has 0 N–H and O–H groups in total. The first-order valence-corrected chi connectivity index (χ1v) is 6.07. The summed E-state index contributed by atoms with van der Waals surface area (Å²) in [6.07, 6.45) is 0. The number of nitrogens with zero attached hydrogens (tertiary/aromatic N) is 3. The van der Waals surface area contributed by atoms with Crippen molar-refractivity contribution in [1.82, 2.24) is 14.6 Å². The van der Waals surface area contributed by atoms with Crippen LogP contribution in [0.25, 0.3) is 27.6 Å². The van der Waals surface area contributed by atoms with Gasteiger partial charge in [-0.05, 0) is 36.4 Å². The molecule has 0 atom stereocenters. The van der Waals surface area contributed by atoms with Crippen LogP contribution >= 0.6 is 0 Å². The molecule has 2 heterocycles. The number of benzene rings is 2. The average Bonchev–Trinajstić information content (AvgIpc) is 2.84. The predicted octanol–water partition coefficient (Wildman–Crippen LogP) is 3.04. The molecule has 4 rings (SSSR count). The fraction of sp³-hybridized carbons (Fsp3) is 0.0667. The third kappa shape index (κ3) is 1.40. The molecule has 0 saturated heterocycles. The van der Waals surface area contributed by atoms with Gasteiger partial charge in [0.05, 0.1) is 18.1 Å². The summed E-state index contributed by atoms with van der Waals surface area (Å²) in [4.78, 5) is 0. The summed E-state index contributed by atoms with van der Waals surface area (Å²) in [5.74, 6) is 0.848. The van der Waals surface area contributed by atoms with E-state index in [0.29, 0.717) is 0 Å². The molecular weight excluding hydrogens is 238 g/mol. The molecule has 0 spiro atoms. The van der Waals surface area contributed by atoms with Gasteiger partial charge in [0, 0.05) is 5.39 Å². The van der Waals surface area contributed by atoms with Gasteiger partial charge in [-0.1, -0.05) is 12.1 Å². The molecule has 2 aromatic carbocycles.